The van der Waals surface area contributed by atoms with Gasteiger partial charge in [-0.25, -0.2) is 4.79 Å². The van der Waals surface area contributed by atoms with E-state index in [2.05, 4.69) is 0 Å². The Morgan fingerprint density at radius 3 is 2.43 bits per heavy atom. The summed E-state index contributed by atoms with van der Waals surface area (Å²) in [6, 6.07) is 20.7. The minimum Gasteiger partial charge on any atom is -0.457 e. The molecule has 0 radical (unpaired) electrons. The maximum absolute atomic E-state index is 12.0. The standard InChI is InChI=1S/C18H15NO2/c19-16-10-8-14(9-11-16)18(20)21-12-15-6-3-5-13-4-1-2-7-17(13)15/h1-11H,12,19H2. The van der Waals surface area contributed by atoms with E-state index in [0.29, 0.717) is 11.3 Å². The number of esters is 1. The highest BCUT2D eigenvalue weighted by Gasteiger charge is 2.08. The lowest BCUT2D eigenvalue weighted by Crippen LogP contribution is -2.05. The monoisotopic (exact) mass is 277 g/mol. The molecule has 3 rings (SSSR count). The van der Waals surface area contributed by atoms with Gasteiger partial charge in [0.05, 0.1) is 5.56 Å². The molecule has 0 aliphatic rings. The molecule has 3 aromatic carbocycles. The fourth-order valence-corrected chi connectivity index (χ4v) is 2.26. The molecule has 104 valence electrons. The second kappa shape index (κ2) is 5.67. The molecule has 0 unspecified atom stereocenters. The van der Waals surface area contributed by atoms with Crippen LogP contribution < -0.4 is 5.73 Å². The third-order valence-electron chi connectivity index (χ3n) is 3.39. The molecule has 2 N–H and O–H groups in total. The summed E-state index contributed by atoms with van der Waals surface area (Å²) in [6.07, 6.45) is 0. The summed E-state index contributed by atoms with van der Waals surface area (Å²) >= 11 is 0. The first-order valence-corrected chi connectivity index (χ1v) is 6.73. The number of carbonyl (C=O) groups excluding carboxylic acids is 1. The van der Waals surface area contributed by atoms with Gasteiger partial charge in [0.1, 0.15) is 6.61 Å². The maximum atomic E-state index is 12.0. The van der Waals surface area contributed by atoms with E-state index >= 15 is 0 Å². The van der Waals surface area contributed by atoms with Crippen LogP contribution in [0.3, 0.4) is 0 Å². The van der Waals surface area contributed by atoms with Crippen LogP contribution in [0.5, 0.6) is 0 Å². The van der Waals surface area contributed by atoms with Crippen molar-refractivity contribution >= 4 is 22.4 Å². The summed E-state index contributed by atoms with van der Waals surface area (Å²) in [5, 5.41) is 2.24. The third-order valence-corrected chi connectivity index (χ3v) is 3.39. The lowest BCUT2D eigenvalue weighted by atomic mass is 10.1. The fraction of sp³-hybridized carbons (Fsp3) is 0.0556. The maximum Gasteiger partial charge on any atom is 0.338 e. The van der Waals surface area contributed by atoms with Gasteiger partial charge >= 0.3 is 5.97 Å². The van der Waals surface area contributed by atoms with Crippen molar-refractivity contribution < 1.29 is 9.53 Å². The average Bonchev–Trinajstić information content (AvgIpc) is 2.53. The van der Waals surface area contributed by atoms with Gasteiger partial charge < -0.3 is 10.5 Å². The highest BCUT2D eigenvalue weighted by Crippen LogP contribution is 2.19. The average molecular weight is 277 g/mol. The van der Waals surface area contributed by atoms with Gasteiger partial charge in [0.15, 0.2) is 0 Å². The number of rotatable bonds is 3. The zero-order valence-corrected chi connectivity index (χ0v) is 11.5. The highest BCUT2D eigenvalue weighted by atomic mass is 16.5. The van der Waals surface area contributed by atoms with Gasteiger partial charge in [0.2, 0.25) is 0 Å². The van der Waals surface area contributed by atoms with Gasteiger partial charge in [0, 0.05) is 5.69 Å². The first-order chi connectivity index (χ1) is 10.2. The minimum absolute atomic E-state index is 0.255. The Morgan fingerprint density at radius 2 is 1.62 bits per heavy atom. The van der Waals surface area contributed by atoms with Crippen LogP contribution in [-0.4, -0.2) is 5.97 Å². The lowest BCUT2D eigenvalue weighted by Gasteiger charge is -2.08. The molecule has 0 atom stereocenters. The predicted octanol–water partition coefficient (Wildman–Crippen LogP) is 3.78. The zero-order valence-electron chi connectivity index (χ0n) is 11.5. The molecule has 0 aromatic heterocycles. The quantitative estimate of drug-likeness (QED) is 0.585. The van der Waals surface area contributed by atoms with E-state index in [1.165, 1.54) is 0 Å². The van der Waals surface area contributed by atoms with Gasteiger partial charge in [-0.05, 0) is 40.6 Å². The molecule has 3 nitrogen and oxygen atoms in total. The fourth-order valence-electron chi connectivity index (χ4n) is 2.26. The second-order valence-corrected chi connectivity index (χ2v) is 4.84. The Balaban J connectivity index is 1.77. The van der Waals surface area contributed by atoms with Crippen molar-refractivity contribution in [1.29, 1.82) is 0 Å². The molecular formula is C18H15NO2. The molecule has 0 fully saturated rings. The Morgan fingerprint density at radius 1 is 0.905 bits per heavy atom. The van der Waals surface area contributed by atoms with Gasteiger partial charge in [-0.2, -0.15) is 0 Å². The smallest absolute Gasteiger partial charge is 0.338 e. The summed E-state index contributed by atoms with van der Waals surface area (Å²) in [5.74, 6) is -0.345. The molecule has 21 heavy (non-hydrogen) atoms. The van der Waals surface area contributed by atoms with Crippen molar-refractivity contribution in [2.24, 2.45) is 0 Å². The highest BCUT2D eigenvalue weighted by molar-refractivity contribution is 5.90. The molecule has 3 aromatic rings. The number of nitrogens with two attached hydrogens (primary N) is 1. The van der Waals surface area contributed by atoms with E-state index in [-0.39, 0.29) is 12.6 Å². The van der Waals surface area contributed by atoms with Gasteiger partial charge in [0.25, 0.3) is 0 Å². The largest absolute Gasteiger partial charge is 0.457 e. The Labute approximate surface area is 123 Å². The molecule has 0 spiro atoms. The van der Waals surface area contributed by atoms with Crippen molar-refractivity contribution in [3.05, 3.63) is 77.9 Å². The van der Waals surface area contributed by atoms with Crippen molar-refractivity contribution in [2.75, 3.05) is 5.73 Å². The summed E-state index contributed by atoms with van der Waals surface area (Å²) in [7, 11) is 0. The van der Waals surface area contributed by atoms with E-state index in [9.17, 15) is 4.79 Å². The van der Waals surface area contributed by atoms with Gasteiger partial charge in [-0.15, -0.1) is 0 Å². The van der Waals surface area contributed by atoms with Gasteiger partial charge in [-0.1, -0.05) is 42.5 Å². The second-order valence-electron chi connectivity index (χ2n) is 4.84. The topological polar surface area (TPSA) is 52.3 Å². The van der Waals surface area contributed by atoms with E-state index in [4.69, 9.17) is 10.5 Å². The molecule has 0 saturated carbocycles. The number of benzene rings is 3. The molecule has 0 aliphatic heterocycles. The minimum atomic E-state index is -0.345. The summed E-state index contributed by atoms with van der Waals surface area (Å²) in [4.78, 5) is 12.0. The molecule has 0 amide bonds. The molecule has 3 heteroatoms. The Bertz CT molecular complexity index is 773. The summed E-state index contributed by atoms with van der Waals surface area (Å²) < 4.78 is 5.38. The van der Waals surface area contributed by atoms with Crippen LogP contribution in [0.15, 0.2) is 66.7 Å². The van der Waals surface area contributed by atoms with E-state index in [0.717, 1.165) is 16.3 Å². The predicted molar refractivity (Wildman–Crippen MR) is 83.9 cm³/mol. The number of carbonyl (C=O) groups is 1. The first-order valence-electron chi connectivity index (χ1n) is 6.73. The first kappa shape index (κ1) is 13.2. The van der Waals surface area contributed by atoms with Crippen molar-refractivity contribution in [1.82, 2.24) is 0 Å². The van der Waals surface area contributed by atoms with Crippen molar-refractivity contribution in [3.63, 3.8) is 0 Å². The summed E-state index contributed by atoms with van der Waals surface area (Å²) in [6.45, 7) is 0.255. The lowest BCUT2D eigenvalue weighted by molar-refractivity contribution is 0.0474. The number of anilines is 1. The molecular weight excluding hydrogens is 262 g/mol. The van der Waals surface area contributed by atoms with Crippen LogP contribution >= 0.6 is 0 Å². The van der Waals surface area contributed by atoms with E-state index < -0.39 is 0 Å². The van der Waals surface area contributed by atoms with Crippen LogP contribution in [0.4, 0.5) is 5.69 Å². The van der Waals surface area contributed by atoms with Crippen LogP contribution in [0, 0.1) is 0 Å². The molecule has 0 aliphatic carbocycles. The van der Waals surface area contributed by atoms with Gasteiger partial charge in [-0.3, -0.25) is 0 Å². The molecule has 0 heterocycles. The van der Waals surface area contributed by atoms with Crippen LogP contribution in [0.2, 0.25) is 0 Å². The number of nitrogen functional groups attached to an aromatic ring is 1. The van der Waals surface area contributed by atoms with E-state index in [1.54, 1.807) is 24.3 Å². The molecule has 0 saturated heterocycles. The normalized spacial score (nSPS) is 10.5. The van der Waals surface area contributed by atoms with Crippen LogP contribution in [-0.2, 0) is 11.3 Å². The molecule has 0 bridgehead atoms. The number of hydrogen-bond acceptors (Lipinski definition) is 3. The van der Waals surface area contributed by atoms with Crippen LogP contribution in [0.25, 0.3) is 10.8 Å². The third kappa shape index (κ3) is 2.87. The SMILES string of the molecule is Nc1ccc(C(=O)OCc2cccc3ccccc23)cc1. The van der Waals surface area contributed by atoms with Crippen LogP contribution in [0.1, 0.15) is 15.9 Å². The number of ether oxygens (including phenoxy) is 1. The number of hydrogen-bond donors (Lipinski definition) is 1. The van der Waals surface area contributed by atoms with E-state index in [1.807, 2.05) is 42.5 Å². The Kier molecular flexibility index (Phi) is 3.56. The van der Waals surface area contributed by atoms with Crippen molar-refractivity contribution in [3.8, 4) is 0 Å². The summed E-state index contributed by atoms with van der Waals surface area (Å²) in [5.41, 5.74) is 7.73. The number of fused-ring (bicyclic) bond motifs is 1. The zero-order chi connectivity index (χ0) is 14.7. The van der Waals surface area contributed by atoms with Crippen molar-refractivity contribution in [2.45, 2.75) is 6.61 Å². The Hall–Kier alpha value is -2.81.